The Bertz CT molecular complexity index is 504. The van der Waals surface area contributed by atoms with Crippen LogP contribution in [0.3, 0.4) is 0 Å². The Balaban J connectivity index is 1.84. The minimum atomic E-state index is -0.484. The van der Waals surface area contributed by atoms with Gasteiger partial charge in [-0.05, 0) is 19.1 Å². The molecule has 1 aromatic carbocycles. The van der Waals surface area contributed by atoms with Crippen molar-refractivity contribution in [2.45, 2.75) is 25.4 Å². The zero-order valence-electron chi connectivity index (χ0n) is 9.79. The van der Waals surface area contributed by atoms with Crippen LogP contribution in [0.25, 0.3) is 0 Å². The molecule has 7 heteroatoms. The minimum Gasteiger partial charge on any atom is -0.326 e. The first kappa shape index (κ1) is 12.2. The van der Waals surface area contributed by atoms with Crippen molar-refractivity contribution in [1.82, 2.24) is 0 Å². The van der Waals surface area contributed by atoms with Crippen LogP contribution < -0.4 is 5.32 Å². The van der Waals surface area contributed by atoms with E-state index in [0.717, 1.165) is 0 Å². The number of nitrogens with one attached hydrogen (secondary N) is 1. The van der Waals surface area contributed by atoms with Gasteiger partial charge < -0.3 is 5.32 Å². The molecule has 0 atom stereocenters. The SMILES string of the molecule is CC1(CCC(=O)Nc2ccc([N+](=O)[O-])cc2)N=N1. The van der Waals surface area contributed by atoms with Crippen LogP contribution in [-0.2, 0) is 4.79 Å². The fourth-order valence-electron chi connectivity index (χ4n) is 1.43. The quantitative estimate of drug-likeness (QED) is 0.640. The fourth-order valence-corrected chi connectivity index (χ4v) is 1.43. The number of non-ortho nitro benzene ring substituents is 1. The zero-order valence-corrected chi connectivity index (χ0v) is 9.79. The summed E-state index contributed by atoms with van der Waals surface area (Å²) in [4.78, 5) is 21.5. The monoisotopic (exact) mass is 248 g/mol. The maximum absolute atomic E-state index is 11.6. The van der Waals surface area contributed by atoms with Crippen LogP contribution in [0.2, 0.25) is 0 Å². The van der Waals surface area contributed by atoms with E-state index in [4.69, 9.17) is 0 Å². The average Bonchev–Trinajstić information content (AvgIpc) is 3.06. The number of hydrogen-bond acceptors (Lipinski definition) is 5. The lowest BCUT2D eigenvalue weighted by Gasteiger charge is -2.06. The van der Waals surface area contributed by atoms with Crippen LogP contribution >= 0.6 is 0 Å². The van der Waals surface area contributed by atoms with Crippen molar-refractivity contribution < 1.29 is 9.72 Å². The van der Waals surface area contributed by atoms with Crippen LogP contribution in [0, 0.1) is 10.1 Å². The molecule has 0 radical (unpaired) electrons. The van der Waals surface area contributed by atoms with Crippen LogP contribution in [0.5, 0.6) is 0 Å². The predicted octanol–water partition coefficient (Wildman–Crippen LogP) is 2.50. The van der Waals surface area contributed by atoms with E-state index >= 15 is 0 Å². The van der Waals surface area contributed by atoms with Crippen molar-refractivity contribution in [3.05, 3.63) is 34.4 Å². The fraction of sp³-hybridized carbons (Fsp3) is 0.364. The number of amides is 1. The maximum atomic E-state index is 11.6. The van der Waals surface area contributed by atoms with Crippen LogP contribution in [0.4, 0.5) is 11.4 Å². The van der Waals surface area contributed by atoms with Crippen LogP contribution in [0.15, 0.2) is 34.5 Å². The Morgan fingerprint density at radius 2 is 2.00 bits per heavy atom. The van der Waals surface area contributed by atoms with E-state index in [1.807, 2.05) is 6.92 Å². The molecule has 1 aliphatic rings. The third-order valence-electron chi connectivity index (χ3n) is 2.63. The van der Waals surface area contributed by atoms with Crippen molar-refractivity contribution in [2.75, 3.05) is 5.32 Å². The molecule has 2 rings (SSSR count). The van der Waals surface area contributed by atoms with Gasteiger partial charge in [0.15, 0.2) is 5.66 Å². The summed E-state index contributed by atoms with van der Waals surface area (Å²) in [7, 11) is 0. The highest BCUT2D eigenvalue weighted by molar-refractivity contribution is 5.90. The van der Waals surface area contributed by atoms with E-state index < -0.39 is 4.92 Å². The second kappa shape index (κ2) is 4.52. The molecule has 94 valence electrons. The molecule has 1 aliphatic heterocycles. The second-order valence-corrected chi connectivity index (χ2v) is 4.27. The van der Waals surface area contributed by atoms with E-state index in [1.165, 1.54) is 24.3 Å². The summed E-state index contributed by atoms with van der Waals surface area (Å²) in [5.74, 6) is -0.151. The molecular formula is C11H12N4O3. The molecule has 0 unspecified atom stereocenters. The van der Waals surface area contributed by atoms with Crippen molar-refractivity contribution in [3.63, 3.8) is 0 Å². The summed E-state index contributed by atoms with van der Waals surface area (Å²) in [5.41, 5.74) is 0.156. The number of carbonyl (C=O) groups is 1. The molecule has 1 aromatic rings. The number of hydrogen-bond donors (Lipinski definition) is 1. The summed E-state index contributed by atoms with van der Waals surface area (Å²) in [5, 5.41) is 20.7. The number of rotatable bonds is 5. The highest BCUT2D eigenvalue weighted by Gasteiger charge is 2.33. The lowest BCUT2D eigenvalue weighted by molar-refractivity contribution is -0.384. The Morgan fingerprint density at radius 1 is 1.39 bits per heavy atom. The second-order valence-electron chi connectivity index (χ2n) is 4.27. The lowest BCUT2D eigenvalue weighted by Crippen LogP contribution is -2.15. The van der Waals surface area contributed by atoms with E-state index in [2.05, 4.69) is 15.5 Å². The smallest absolute Gasteiger partial charge is 0.269 e. The van der Waals surface area contributed by atoms with E-state index in [1.54, 1.807) is 0 Å². The van der Waals surface area contributed by atoms with Gasteiger partial charge in [0, 0.05) is 30.7 Å². The Hall–Kier alpha value is -2.31. The third-order valence-corrected chi connectivity index (χ3v) is 2.63. The predicted molar refractivity (Wildman–Crippen MR) is 64.2 cm³/mol. The van der Waals surface area contributed by atoms with Gasteiger partial charge in [-0.25, -0.2) is 0 Å². The molecule has 0 spiro atoms. The number of carbonyl (C=O) groups excluding carboxylic acids is 1. The summed E-state index contributed by atoms with van der Waals surface area (Å²) in [6.07, 6.45) is 0.895. The minimum absolute atomic E-state index is 0.00362. The number of nitro groups is 1. The summed E-state index contributed by atoms with van der Waals surface area (Å²) in [6.45, 7) is 1.85. The van der Waals surface area contributed by atoms with Crippen LogP contribution in [-0.4, -0.2) is 16.5 Å². The zero-order chi connectivity index (χ0) is 13.2. The van der Waals surface area contributed by atoms with Crippen molar-refractivity contribution in [3.8, 4) is 0 Å². The van der Waals surface area contributed by atoms with E-state index in [0.29, 0.717) is 18.5 Å². The molecule has 0 saturated heterocycles. The number of anilines is 1. The van der Waals surface area contributed by atoms with Crippen LogP contribution in [0.1, 0.15) is 19.8 Å². The van der Waals surface area contributed by atoms with Gasteiger partial charge in [-0.1, -0.05) is 0 Å². The summed E-state index contributed by atoms with van der Waals surface area (Å²) < 4.78 is 0. The van der Waals surface area contributed by atoms with Crippen molar-refractivity contribution >= 4 is 17.3 Å². The Labute approximate surface area is 103 Å². The first-order chi connectivity index (χ1) is 8.48. The van der Waals surface area contributed by atoms with Crippen molar-refractivity contribution in [2.24, 2.45) is 10.2 Å². The summed E-state index contributed by atoms with van der Waals surface area (Å²) in [6, 6.07) is 5.71. The third kappa shape index (κ3) is 3.09. The molecule has 1 amide bonds. The number of nitrogens with zero attached hydrogens (tertiary/aromatic N) is 3. The molecule has 0 saturated carbocycles. The molecule has 1 N–H and O–H groups in total. The lowest BCUT2D eigenvalue weighted by atomic mass is 10.1. The molecule has 0 aliphatic carbocycles. The Morgan fingerprint density at radius 3 is 2.50 bits per heavy atom. The van der Waals surface area contributed by atoms with Gasteiger partial charge in [0.05, 0.1) is 4.92 Å². The average molecular weight is 248 g/mol. The molecule has 1 heterocycles. The van der Waals surface area contributed by atoms with Crippen molar-refractivity contribution in [1.29, 1.82) is 0 Å². The molecular weight excluding hydrogens is 236 g/mol. The van der Waals surface area contributed by atoms with Gasteiger partial charge in [0.2, 0.25) is 5.91 Å². The standard InChI is InChI=1S/C11H12N4O3/c1-11(13-14-11)7-6-10(16)12-8-2-4-9(5-3-8)15(17)18/h2-5H,6-7H2,1H3,(H,12,16). The first-order valence-corrected chi connectivity index (χ1v) is 5.47. The summed E-state index contributed by atoms with van der Waals surface area (Å²) >= 11 is 0. The van der Waals surface area contributed by atoms with E-state index in [9.17, 15) is 14.9 Å². The van der Waals surface area contributed by atoms with Gasteiger partial charge in [-0.2, -0.15) is 10.2 Å². The first-order valence-electron chi connectivity index (χ1n) is 5.47. The van der Waals surface area contributed by atoms with E-state index in [-0.39, 0.29) is 17.3 Å². The normalized spacial score (nSPS) is 15.2. The molecule has 7 nitrogen and oxygen atoms in total. The topological polar surface area (TPSA) is 97.0 Å². The highest BCUT2D eigenvalue weighted by atomic mass is 16.6. The van der Waals surface area contributed by atoms with Gasteiger partial charge in [-0.15, -0.1) is 0 Å². The van der Waals surface area contributed by atoms with Gasteiger partial charge in [0.25, 0.3) is 5.69 Å². The molecule has 0 fully saturated rings. The maximum Gasteiger partial charge on any atom is 0.269 e. The van der Waals surface area contributed by atoms with Gasteiger partial charge >= 0.3 is 0 Å². The van der Waals surface area contributed by atoms with Gasteiger partial charge in [0.1, 0.15) is 0 Å². The number of nitro benzene ring substituents is 1. The number of benzene rings is 1. The molecule has 0 bridgehead atoms. The van der Waals surface area contributed by atoms with Gasteiger partial charge in [-0.3, -0.25) is 14.9 Å². The molecule has 0 aromatic heterocycles. The highest BCUT2D eigenvalue weighted by Crippen LogP contribution is 2.32. The largest absolute Gasteiger partial charge is 0.326 e. The molecule has 18 heavy (non-hydrogen) atoms. The Kier molecular flexibility index (Phi) is 3.05.